The SMILES string of the molecule is N#CC1=C(SCC(N)=O)NC(=O)C[C@@H]1c1ccc(O)cc1. The Kier molecular flexibility index (Phi) is 4.50. The van der Waals surface area contributed by atoms with E-state index in [0.29, 0.717) is 10.6 Å². The summed E-state index contributed by atoms with van der Waals surface area (Å²) in [6, 6.07) is 8.45. The largest absolute Gasteiger partial charge is 0.508 e. The van der Waals surface area contributed by atoms with Crippen LogP contribution >= 0.6 is 11.8 Å². The minimum absolute atomic E-state index is 0.0108. The summed E-state index contributed by atoms with van der Waals surface area (Å²) in [7, 11) is 0. The van der Waals surface area contributed by atoms with Gasteiger partial charge in [-0.2, -0.15) is 5.26 Å². The van der Waals surface area contributed by atoms with Crippen molar-refractivity contribution in [3.8, 4) is 11.8 Å². The van der Waals surface area contributed by atoms with E-state index < -0.39 is 5.91 Å². The average Bonchev–Trinajstić information content (AvgIpc) is 2.45. The minimum Gasteiger partial charge on any atom is -0.508 e. The van der Waals surface area contributed by atoms with Crippen LogP contribution in [0, 0.1) is 11.3 Å². The topological polar surface area (TPSA) is 116 Å². The van der Waals surface area contributed by atoms with Gasteiger partial charge in [-0.05, 0) is 17.7 Å². The van der Waals surface area contributed by atoms with Crippen molar-refractivity contribution in [2.45, 2.75) is 12.3 Å². The third kappa shape index (κ3) is 3.55. The first kappa shape index (κ1) is 14.9. The lowest BCUT2D eigenvalue weighted by Gasteiger charge is -2.24. The molecular formula is C14H13N3O3S. The predicted octanol–water partition coefficient (Wildman–Crippen LogP) is 0.949. The molecule has 0 aliphatic carbocycles. The van der Waals surface area contributed by atoms with E-state index >= 15 is 0 Å². The van der Waals surface area contributed by atoms with Crippen molar-refractivity contribution in [1.82, 2.24) is 5.32 Å². The lowest BCUT2D eigenvalue weighted by Crippen LogP contribution is -2.31. The van der Waals surface area contributed by atoms with Crippen LogP contribution in [-0.2, 0) is 9.59 Å². The van der Waals surface area contributed by atoms with Gasteiger partial charge >= 0.3 is 0 Å². The van der Waals surface area contributed by atoms with Crippen LogP contribution in [0.15, 0.2) is 34.9 Å². The molecule has 7 heteroatoms. The molecule has 0 fully saturated rings. The summed E-state index contributed by atoms with van der Waals surface area (Å²) in [5.41, 5.74) is 6.24. The van der Waals surface area contributed by atoms with Crippen molar-refractivity contribution >= 4 is 23.6 Å². The van der Waals surface area contributed by atoms with Crippen LogP contribution in [0.2, 0.25) is 0 Å². The normalized spacial score (nSPS) is 18.0. The quantitative estimate of drug-likeness (QED) is 0.765. The highest BCUT2D eigenvalue weighted by atomic mass is 32.2. The van der Waals surface area contributed by atoms with Gasteiger partial charge in [-0.25, -0.2) is 0 Å². The standard InChI is InChI=1S/C14H13N3O3S/c15-6-11-10(8-1-3-9(18)4-2-8)5-13(20)17-14(11)21-7-12(16)19/h1-4,10,18H,5,7H2,(H2,16,19)(H,17,20)/t10-/m1/s1. The van der Waals surface area contributed by atoms with Crippen LogP contribution in [0.4, 0.5) is 0 Å². The number of phenols is 1. The molecule has 0 saturated carbocycles. The van der Waals surface area contributed by atoms with Crippen LogP contribution in [0.1, 0.15) is 17.9 Å². The van der Waals surface area contributed by atoms with Crippen LogP contribution in [0.5, 0.6) is 5.75 Å². The van der Waals surface area contributed by atoms with Crippen LogP contribution in [0.25, 0.3) is 0 Å². The van der Waals surface area contributed by atoms with Gasteiger partial charge in [0.15, 0.2) is 0 Å². The molecule has 1 aromatic rings. The molecule has 0 radical (unpaired) electrons. The summed E-state index contributed by atoms with van der Waals surface area (Å²) in [4.78, 5) is 22.7. The molecule has 4 N–H and O–H groups in total. The average molecular weight is 303 g/mol. The van der Waals surface area contributed by atoms with Crippen molar-refractivity contribution in [1.29, 1.82) is 5.26 Å². The molecule has 6 nitrogen and oxygen atoms in total. The van der Waals surface area contributed by atoms with Crippen molar-refractivity contribution in [2.24, 2.45) is 5.73 Å². The number of carbonyl (C=O) groups is 2. The molecule has 2 amide bonds. The maximum atomic E-state index is 11.8. The molecular weight excluding hydrogens is 290 g/mol. The van der Waals surface area contributed by atoms with E-state index in [9.17, 15) is 20.0 Å². The summed E-state index contributed by atoms with van der Waals surface area (Å²) in [5.74, 6) is -1.03. The molecule has 2 rings (SSSR count). The summed E-state index contributed by atoms with van der Waals surface area (Å²) < 4.78 is 0. The highest BCUT2D eigenvalue weighted by Crippen LogP contribution is 2.36. The number of rotatable bonds is 4. The van der Waals surface area contributed by atoms with E-state index in [2.05, 4.69) is 11.4 Å². The van der Waals surface area contributed by atoms with Crippen LogP contribution < -0.4 is 11.1 Å². The smallest absolute Gasteiger partial charge is 0.227 e. The second-order valence-electron chi connectivity index (χ2n) is 4.51. The molecule has 1 atom stereocenters. The second kappa shape index (κ2) is 6.33. The van der Waals surface area contributed by atoms with Gasteiger partial charge in [0, 0.05) is 12.3 Å². The number of allylic oxidation sites excluding steroid dienone is 1. The molecule has 0 bridgehead atoms. The van der Waals surface area contributed by atoms with Gasteiger partial charge in [0.05, 0.1) is 22.4 Å². The van der Waals surface area contributed by atoms with Crippen molar-refractivity contribution in [3.05, 3.63) is 40.4 Å². The monoisotopic (exact) mass is 303 g/mol. The van der Waals surface area contributed by atoms with Gasteiger partial charge in [0.2, 0.25) is 11.8 Å². The maximum Gasteiger partial charge on any atom is 0.227 e. The number of hydrogen-bond donors (Lipinski definition) is 3. The van der Waals surface area contributed by atoms with E-state index in [4.69, 9.17) is 5.73 Å². The van der Waals surface area contributed by atoms with Gasteiger partial charge in [0.1, 0.15) is 5.75 Å². The van der Waals surface area contributed by atoms with Gasteiger partial charge < -0.3 is 16.2 Å². The number of nitriles is 1. The summed E-state index contributed by atoms with van der Waals surface area (Å²) in [5, 5.41) is 21.7. The van der Waals surface area contributed by atoms with Crippen molar-refractivity contribution in [3.63, 3.8) is 0 Å². The number of carbonyl (C=O) groups excluding carboxylic acids is 2. The Labute approximate surface area is 125 Å². The Morgan fingerprint density at radius 3 is 2.71 bits per heavy atom. The van der Waals surface area contributed by atoms with Crippen LogP contribution in [-0.4, -0.2) is 22.7 Å². The van der Waals surface area contributed by atoms with Crippen LogP contribution in [0.3, 0.4) is 0 Å². The highest BCUT2D eigenvalue weighted by Gasteiger charge is 2.29. The Balaban J connectivity index is 2.36. The number of hydrogen-bond acceptors (Lipinski definition) is 5. The van der Waals surface area contributed by atoms with E-state index in [0.717, 1.165) is 17.3 Å². The second-order valence-corrected chi connectivity index (χ2v) is 5.49. The fourth-order valence-electron chi connectivity index (χ4n) is 2.07. The van der Waals surface area contributed by atoms with E-state index in [1.54, 1.807) is 12.1 Å². The number of nitrogens with zero attached hydrogens (tertiary/aromatic N) is 1. The Bertz CT molecular complexity index is 646. The fourth-order valence-corrected chi connectivity index (χ4v) is 2.88. The molecule has 0 saturated heterocycles. The zero-order chi connectivity index (χ0) is 15.4. The first-order valence-electron chi connectivity index (χ1n) is 6.15. The van der Waals surface area contributed by atoms with Gasteiger partial charge in [-0.3, -0.25) is 9.59 Å². The van der Waals surface area contributed by atoms with Crippen molar-refractivity contribution in [2.75, 3.05) is 5.75 Å². The Morgan fingerprint density at radius 2 is 2.14 bits per heavy atom. The molecule has 1 aromatic carbocycles. The van der Waals surface area contributed by atoms with Gasteiger partial charge in [-0.1, -0.05) is 23.9 Å². The summed E-state index contributed by atoms with van der Waals surface area (Å²) in [6.45, 7) is 0. The zero-order valence-electron chi connectivity index (χ0n) is 11.0. The number of benzene rings is 1. The molecule has 0 aromatic heterocycles. The minimum atomic E-state index is -0.522. The first-order valence-corrected chi connectivity index (χ1v) is 7.14. The molecule has 1 aliphatic rings. The summed E-state index contributed by atoms with van der Waals surface area (Å²) >= 11 is 1.04. The van der Waals surface area contributed by atoms with Gasteiger partial charge in [-0.15, -0.1) is 0 Å². The molecule has 108 valence electrons. The summed E-state index contributed by atoms with van der Waals surface area (Å²) in [6.07, 6.45) is 0.147. The Hall–Kier alpha value is -2.46. The number of nitrogens with two attached hydrogens (primary N) is 1. The number of primary amides is 1. The number of thioether (sulfide) groups is 1. The molecule has 21 heavy (non-hydrogen) atoms. The van der Waals surface area contributed by atoms with E-state index in [-0.39, 0.29) is 29.7 Å². The van der Waals surface area contributed by atoms with E-state index in [1.165, 1.54) is 12.1 Å². The molecule has 0 spiro atoms. The predicted molar refractivity (Wildman–Crippen MR) is 77.9 cm³/mol. The zero-order valence-corrected chi connectivity index (χ0v) is 11.8. The first-order chi connectivity index (χ1) is 10.0. The van der Waals surface area contributed by atoms with E-state index in [1.807, 2.05) is 0 Å². The molecule has 0 unspecified atom stereocenters. The Morgan fingerprint density at radius 1 is 1.48 bits per heavy atom. The molecule has 1 heterocycles. The number of phenolic OH excluding ortho intramolecular Hbond substituents is 1. The number of aromatic hydroxyl groups is 1. The lowest BCUT2D eigenvalue weighted by molar-refractivity contribution is -0.121. The third-order valence-electron chi connectivity index (χ3n) is 3.01. The highest BCUT2D eigenvalue weighted by molar-refractivity contribution is 8.03. The van der Waals surface area contributed by atoms with Gasteiger partial charge in [0.25, 0.3) is 0 Å². The maximum absolute atomic E-state index is 11.8. The van der Waals surface area contributed by atoms with Crippen molar-refractivity contribution < 1.29 is 14.7 Å². The molecule has 1 aliphatic heterocycles. The third-order valence-corrected chi connectivity index (χ3v) is 4.05. The lowest BCUT2D eigenvalue weighted by atomic mass is 9.87. The number of nitrogens with one attached hydrogen (secondary N) is 1. The fraction of sp³-hybridized carbons (Fsp3) is 0.214. The number of amides is 2.